The average molecular weight is 333 g/mol. The smallest absolute Gasteiger partial charge is 0.130 e. The summed E-state index contributed by atoms with van der Waals surface area (Å²) >= 11 is 3.48. The number of hydrogen-bond acceptors (Lipinski definition) is 2. The Labute approximate surface area is 129 Å². The quantitative estimate of drug-likeness (QED) is 0.785. The maximum absolute atomic E-state index is 4.54. The van der Waals surface area contributed by atoms with Crippen LogP contribution in [0.2, 0.25) is 0 Å². The van der Waals surface area contributed by atoms with Gasteiger partial charge < -0.3 is 5.32 Å². The van der Waals surface area contributed by atoms with Crippen LogP contribution in [0, 0.1) is 13.8 Å². The van der Waals surface area contributed by atoms with E-state index in [1.54, 1.807) is 0 Å². The molecule has 0 aliphatic heterocycles. The molecule has 0 atom stereocenters. The standard InChI is InChI=1S/C17H21BrN2/c1-11-6-7-13(17(3,4)5)10-15(11)20-16-9-8-14(18)12(2)19-16/h6-10H,1-5H3,(H,19,20). The van der Waals surface area contributed by atoms with Crippen molar-refractivity contribution in [2.24, 2.45) is 0 Å². The Morgan fingerprint density at radius 2 is 1.75 bits per heavy atom. The highest BCUT2D eigenvalue weighted by Crippen LogP contribution is 2.28. The summed E-state index contributed by atoms with van der Waals surface area (Å²) in [5.41, 5.74) is 4.79. The van der Waals surface area contributed by atoms with E-state index >= 15 is 0 Å². The Morgan fingerprint density at radius 3 is 2.35 bits per heavy atom. The average Bonchev–Trinajstić information content (AvgIpc) is 2.35. The van der Waals surface area contributed by atoms with Gasteiger partial charge in [-0.3, -0.25) is 0 Å². The molecule has 0 aliphatic rings. The third-order valence-corrected chi connectivity index (χ3v) is 4.23. The number of rotatable bonds is 2. The van der Waals surface area contributed by atoms with Crippen molar-refractivity contribution >= 4 is 27.4 Å². The predicted molar refractivity (Wildman–Crippen MR) is 89.8 cm³/mol. The molecule has 1 heterocycles. The lowest BCUT2D eigenvalue weighted by Gasteiger charge is -2.21. The van der Waals surface area contributed by atoms with Crippen LogP contribution < -0.4 is 5.32 Å². The molecule has 0 radical (unpaired) electrons. The van der Waals surface area contributed by atoms with Crippen molar-refractivity contribution in [3.63, 3.8) is 0 Å². The lowest BCUT2D eigenvalue weighted by Crippen LogP contribution is -2.11. The lowest BCUT2D eigenvalue weighted by molar-refractivity contribution is 0.590. The second-order valence-electron chi connectivity index (χ2n) is 6.17. The highest BCUT2D eigenvalue weighted by Gasteiger charge is 2.14. The van der Waals surface area contributed by atoms with Crippen LogP contribution >= 0.6 is 15.9 Å². The number of pyridine rings is 1. The minimum absolute atomic E-state index is 0.146. The lowest BCUT2D eigenvalue weighted by atomic mass is 9.86. The van der Waals surface area contributed by atoms with Crippen LogP contribution in [-0.4, -0.2) is 4.98 Å². The van der Waals surface area contributed by atoms with Crippen LogP contribution in [0.3, 0.4) is 0 Å². The molecule has 0 spiro atoms. The monoisotopic (exact) mass is 332 g/mol. The predicted octanol–water partition coefficient (Wildman–Crippen LogP) is 5.50. The fraction of sp³-hybridized carbons (Fsp3) is 0.353. The maximum atomic E-state index is 4.54. The first-order valence-electron chi connectivity index (χ1n) is 6.78. The van der Waals surface area contributed by atoms with Gasteiger partial charge in [0.15, 0.2) is 0 Å². The Bertz CT molecular complexity index is 627. The van der Waals surface area contributed by atoms with E-state index in [4.69, 9.17) is 0 Å². The molecule has 0 saturated carbocycles. The van der Waals surface area contributed by atoms with E-state index in [1.807, 2.05) is 19.1 Å². The molecule has 0 amide bonds. The summed E-state index contributed by atoms with van der Waals surface area (Å²) in [6, 6.07) is 10.6. The van der Waals surface area contributed by atoms with Crippen LogP contribution in [0.25, 0.3) is 0 Å². The maximum Gasteiger partial charge on any atom is 0.130 e. The summed E-state index contributed by atoms with van der Waals surface area (Å²) in [5.74, 6) is 0.875. The van der Waals surface area contributed by atoms with Crippen LogP contribution in [0.5, 0.6) is 0 Å². The second-order valence-corrected chi connectivity index (χ2v) is 7.02. The molecule has 0 unspecified atom stereocenters. The molecule has 20 heavy (non-hydrogen) atoms. The largest absolute Gasteiger partial charge is 0.340 e. The van der Waals surface area contributed by atoms with Crippen molar-refractivity contribution in [3.05, 3.63) is 51.6 Å². The summed E-state index contributed by atoms with van der Waals surface area (Å²) < 4.78 is 1.03. The highest BCUT2D eigenvalue weighted by atomic mass is 79.9. The zero-order chi connectivity index (χ0) is 14.9. The van der Waals surface area contributed by atoms with Crippen LogP contribution in [0.4, 0.5) is 11.5 Å². The van der Waals surface area contributed by atoms with E-state index in [1.165, 1.54) is 11.1 Å². The normalized spacial score (nSPS) is 11.5. The van der Waals surface area contributed by atoms with Crippen molar-refractivity contribution < 1.29 is 0 Å². The van der Waals surface area contributed by atoms with Gasteiger partial charge in [-0.15, -0.1) is 0 Å². The minimum atomic E-state index is 0.146. The third-order valence-electron chi connectivity index (χ3n) is 3.39. The van der Waals surface area contributed by atoms with Crippen molar-refractivity contribution in [2.75, 3.05) is 5.32 Å². The fourth-order valence-electron chi connectivity index (χ4n) is 1.97. The molecule has 1 aromatic heterocycles. The van der Waals surface area contributed by atoms with Crippen LogP contribution in [0.15, 0.2) is 34.8 Å². The Hall–Kier alpha value is -1.35. The zero-order valence-corrected chi connectivity index (χ0v) is 14.3. The van der Waals surface area contributed by atoms with Gasteiger partial charge >= 0.3 is 0 Å². The van der Waals surface area contributed by atoms with Crippen LogP contribution in [-0.2, 0) is 5.41 Å². The van der Waals surface area contributed by atoms with E-state index in [0.29, 0.717) is 0 Å². The van der Waals surface area contributed by atoms with E-state index in [0.717, 1.165) is 21.7 Å². The van der Waals surface area contributed by atoms with Gasteiger partial charge in [-0.05, 0) is 64.5 Å². The Morgan fingerprint density at radius 1 is 1.05 bits per heavy atom. The van der Waals surface area contributed by atoms with Crippen LogP contribution in [0.1, 0.15) is 37.6 Å². The molecule has 2 nitrogen and oxygen atoms in total. The summed E-state index contributed by atoms with van der Waals surface area (Å²) in [5, 5.41) is 3.42. The first kappa shape index (κ1) is 15.0. The molecule has 2 rings (SSSR count). The molecule has 0 fully saturated rings. The van der Waals surface area contributed by atoms with Gasteiger partial charge in [0.25, 0.3) is 0 Å². The van der Waals surface area contributed by atoms with E-state index < -0.39 is 0 Å². The summed E-state index contributed by atoms with van der Waals surface area (Å²) in [6.07, 6.45) is 0. The number of aryl methyl sites for hydroxylation is 2. The summed E-state index contributed by atoms with van der Waals surface area (Å²) in [4.78, 5) is 4.54. The first-order chi connectivity index (χ1) is 9.27. The third kappa shape index (κ3) is 3.40. The van der Waals surface area contributed by atoms with Gasteiger partial charge in [0.2, 0.25) is 0 Å². The van der Waals surface area contributed by atoms with Gasteiger partial charge in [-0.2, -0.15) is 0 Å². The van der Waals surface area contributed by atoms with Crippen molar-refractivity contribution in [1.29, 1.82) is 0 Å². The molecule has 2 aromatic rings. The molecule has 1 N–H and O–H groups in total. The van der Waals surface area contributed by atoms with Crippen molar-refractivity contribution in [2.45, 2.75) is 40.0 Å². The molecule has 0 aliphatic carbocycles. The fourth-order valence-corrected chi connectivity index (χ4v) is 2.20. The van der Waals surface area contributed by atoms with E-state index in [2.05, 4.69) is 72.1 Å². The number of anilines is 2. The Balaban J connectivity index is 2.35. The molecule has 1 aromatic carbocycles. The van der Waals surface area contributed by atoms with E-state index in [9.17, 15) is 0 Å². The SMILES string of the molecule is Cc1ccc(C(C)(C)C)cc1Nc1ccc(Br)c(C)n1. The second kappa shape index (κ2) is 5.57. The van der Waals surface area contributed by atoms with Crippen molar-refractivity contribution in [3.8, 4) is 0 Å². The molecular weight excluding hydrogens is 312 g/mol. The summed E-state index contributed by atoms with van der Waals surface area (Å²) in [6.45, 7) is 10.8. The minimum Gasteiger partial charge on any atom is -0.340 e. The van der Waals surface area contributed by atoms with Gasteiger partial charge in [-0.25, -0.2) is 4.98 Å². The highest BCUT2D eigenvalue weighted by molar-refractivity contribution is 9.10. The van der Waals surface area contributed by atoms with Crippen molar-refractivity contribution in [1.82, 2.24) is 4.98 Å². The number of benzene rings is 1. The molecule has 106 valence electrons. The van der Waals surface area contributed by atoms with Gasteiger partial charge in [0, 0.05) is 10.2 Å². The molecule has 0 bridgehead atoms. The number of aromatic nitrogens is 1. The van der Waals surface area contributed by atoms with Gasteiger partial charge in [0.1, 0.15) is 5.82 Å². The van der Waals surface area contributed by atoms with Gasteiger partial charge in [-0.1, -0.05) is 32.9 Å². The first-order valence-corrected chi connectivity index (χ1v) is 7.58. The number of nitrogens with one attached hydrogen (secondary N) is 1. The summed E-state index contributed by atoms with van der Waals surface area (Å²) in [7, 11) is 0. The molecular formula is C17H21BrN2. The molecule has 3 heteroatoms. The topological polar surface area (TPSA) is 24.9 Å². The zero-order valence-electron chi connectivity index (χ0n) is 12.7. The number of halogens is 1. The number of nitrogens with zero attached hydrogens (tertiary/aromatic N) is 1. The van der Waals surface area contributed by atoms with E-state index in [-0.39, 0.29) is 5.41 Å². The number of hydrogen-bond donors (Lipinski definition) is 1. The molecule has 0 saturated heterocycles. The Kier molecular flexibility index (Phi) is 4.19. The van der Waals surface area contributed by atoms with Gasteiger partial charge in [0.05, 0.1) is 5.69 Å².